The lowest BCUT2D eigenvalue weighted by atomic mass is 9.90. The normalized spacial score (nSPS) is 18.1. The quantitative estimate of drug-likeness (QED) is 0.641. The zero-order chi connectivity index (χ0) is 17.4. The van der Waals surface area contributed by atoms with Gasteiger partial charge in [-0.3, -0.25) is 4.90 Å². The minimum Gasteiger partial charge on any atom is -0.443 e. The molecule has 1 aliphatic heterocycles. The Balaban J connectivity index is 2.42. The molecular formula is C19H28BrNO2. The molecule has 1 aromatic carbocycles. The molecule has 0 bridgehead atoms. The van der Waals surface area contributed by atoms with Crippen LogP contribution >= 0.6 is 15.9 Å². The van der Waals surface area contributed by atoms with Gasteiger partial charge in [0, 0.05) is 10.5 Å². The minimum absolute atomic E-state index is 0.201. The molecule has 2 rings (SSSR count). The number of aryl methyl sites for hydroxylation is 2. The zero-order valence-electron chi connectivity index (χ0n) is 15.1. The van der Waals surface area contributed by atoms with Gasteiger partial charge >= 0.3 is 6.09 Å². The Labute approximate surface area is 148 Å². The minimum atomic E-state index is -0.487. The van der Waals surface area contributed by atoms with Gasteiger partial charge in [-0.05, 0) is 70.1 Å². The molecule has 0 radical (unpaired) electrons. The summed E-state index contributed by atoms with van der Waals surface area (Å²) < 4.78 is 6.72. The number of benzene rings is 1. The van der Waals surface area contributed by atoms with E-state index in [9.17, 15) is 4.79 Å². The summed E-state index contributed by atoms with van der Waals surface area (Å²) in [4.78, 5) is 14.7. The van der Waals surface area contributed by atoms with Crippen molar-refractivity contribution in [1.82, 2.24) is 0 Å². The van der Waals surface area contributed by atoms with Crippen molar-refractivity contribution in [3.63, 3.8) is 0 Å². The molecule has 0 aliphatic carbocycles. The maximum absolute atomic E-state index is 12.9. The monoisotopic (exact) mass is 381 g/mol. The van der Waals surface area contributed by atoms with Crippen molar-refractivity contribution in [2.45, 2.75) is 72.4 Å². The third kappa shape index (κ3) is 4.50. The predicted molar refractivity (Wildman–Crippen MR) is 99.2 cm³/mol. The molecule has 0 N–H and O–H groups in total. The Bertz CT molecular complexity index is 590. The highest BCUT2D eigenvalue weighted by Crippen LogP contribution is 2.37. The van der Waals surface area contributed by atoms with Crippen LogP contribution in [0.4, 0.5) is 10.5 Å². The molecule has 4 heteroatoms. The highest BCUT2D eigenvalue weighted by molar-refractivity contribution is 9.10. The molecule has 0 spiro atoms. The number of amides is 1. The van der Waals surface area contributed by atoms with Gasteiger partial charge < -0.3 is 4.74 Å². The first-order valence-corrected chi connectivity index (χ1v) is 9.19. The predicted octanol–water partition coefficient (Wildman–Crippen LogP) is 5.86. The second-order valence-electron chi connectivity index (χ2n) is 7.90. The first-order valence-electron chi connectivity index (χ1n) is 8.39. The van der Waals surface area contributed by atoms with Crippen LogP contribution in [0, 0.1) is 12.8 Å². The van der Waals surface area contributed by atoms with Crippen LogP contribution in [0.2, 0.25) is 0 Å². The number of hydrogen-bond donors (Lipinski definition) is 0. The summed E-state index contributed by atoms with van der Waals surface area (Å²) in [5, 5.41) is 0. The summed E-state index contributed by atoms with van der Waals surface area (Å²) in [5.74, 6) is 0.542. The lowest BCUT2D eigenvalue weighted by molar-refractivity contribution is 0.0556. The van der Waals surface area contributed by atoms with Gasteiger partial charge in [0.1, 0.15) is 5.60 Å². The van der Waals surface area contributed by atoms with Gasteiger partial charge in [0.15, 0.2) is 0 Å². The summed E-state index contributed by atoms with van der Waals surface area (Å²) in [6.45, 7) is 12.2. The molecule has 0 saturated carbocycles. The third-order valence-electron chi connectivity index (χ3n) is 4.07. The molecule has 23 heavy (non-hydrogen) atoms. The molecule has 128 valence electrons. The van der Waals surface area contributed by atoms with Crippen molar-refractivity contribution >= 4 is 27.7 Å². The van der Waals surface area contributed by atoms with Gasteiger partial charge in [-0.15, -0.1) is 0 Å². The van der Waals surface area contributed by atoms with Crippen LogP contribution in [0.15, 0.2) is 16.6 Å². The van der Waals surface area contributed by atoms with E-state index < -0.39 is 5.60 Å². The fourth-order valence-electron chi connectivity index (χ4n) is 3.13. The topological polar surface area (TPSA) is 29.5 Å². The van der Waals surface area contributed by atoms with E-state index in [2.05, 4.69) is 48.8 Å². The first kappa shape index (κ1) is 18.3. The molecule has 0 saturated heterocycles. The summed E-state index contributed by atoms with van der Waals surface area (Å²) in [5.41, 5.74) is 2.94. The second kappa shape index (κ2) is 6.84. The molecule has 0 fully saturated rings. The highest BCUT2D eigenvalue weighted by Gasteiger charge is 2.34. The highest BCUT2D eigenvalue weighted by atomic mass is 79.9. The average Bonchev–Trinajstić information content (AvgIpc) is 2.37. The molecule has 1 heterocycles. The molecule has 0 aromatic heterocycles. The number of carbonyl (C=O) groups is 1. The van der Waals surface area contributed by atoms with Crippen molar-refractivity contribution in [2.75, 3.05) is 4.90 Å². The number of ether oxygens (including phenoxy) is 1. The Morgan fingerprint density at radius 3 is 2.61 bits per heavy atom. The van der Waals surface area contributed by atoms with E-state index in [0.29, 0.717) is 5.92 Å². The van der Waals surface area contributed by atoms with Gasteiger partial charge in [-0.2, -0.15) is 0 Å². The van der Waals surface area contributed by atoms with E-state index in [1.54, 1.807) is 0 Å². The summed E-state index contributed by atoms with van der Waals surface area (Å²) in [7, 11) is 0. The first-order chi connectivity index (χ1) is 10.6. The van der Waals surface area contributed by atoms with Crippen LogP contribution in [-0.2, 0) is 11.2 Å². The Morgan fingerprint density at radius 2 is 2.04 bits per heavy atom. The van der Waals surface area contributed by atoms with Crippen LogP contribution in [-0.4, -0.2) is 17.7 Å². The van der Waals surface area contributed by atoms with Crippen molar-refractivity contribution in [2.24, 2.45) is 5.92 Å². The van der Waals surface area contributed by atoms with E-state index in [1.165, 1.54) is 11.1 Å². The van der Waals surface area contributed by atoms with Gasteiger partial charge in [0.25, 0.3) is 0 Å². The fourth-order valence-corrected chi connectivity index (χ4v) is 3.46. The van der Waals surface area contributed by atoms with E-state index in [4.69, 9.17) is 4.74 Å². The maximum Gasteiger partial charge on any atom is 0.415 e. The third-order valence-corrected chi connectivity index (χ3v) is 4.92. The summed E-state index contributed by atoms with van der Waals surface area (Å²) in [6, 6.07) is 4.45. The van der Waals surface area contributed by atoms with Gasteiger partial charge in [-0.25, -0.2) is 4.79 Å². The average molecular weight is 382 g/mol. The molecule has 1 aliphatic rings. The smallest absolute Gasteiger partial charge is 0.415 e. The van der Waals surface area contributed by atoms with E-state index in [-0.39, 0.29) is 12.1 Å². The number of hydrogen-bond acceptors (Lipinski definition) is 2. The SMILES string of the molecule is Cc1cc2c(cc1Br)N(C(=O)OC(C)(C)C)C(CC(C)C)CC2. The van der Waals surface area contributed by atoms with Gasteiger partial charge in [0.2, 0.25) is 0 Å². The maximum atomic E-state index is 12.9. The molecule has 1 aromatic rings. The van der Waals surface area contributed by atoms with Gasteiger partial charge in [-0.1, -0.05) is 35.8 Å². The van der Waals surface area contributed by atoms with Crippen molar-refractivity contribution < 1.29 is 9.53 Å². The van der Waals surface area contributed by atoms with Crippen LogP contribution in [0.1, 0.15) is 58.6 Å². The number of fused-ring (bicyclic) bond motifs is 1. The summed E-state index contributed by atoms with van der Waals surface area (Å²) in [6.07, 6.45) is 2.76. The lowest BCUT2D eigenvalue weighted by Crippen LogP contribution is -2.46. The Hall–Kier alpha value is -1.03. The van der Waals surface area contributed by atoms with Crippen LogP contribution in [0.25, 0.3) is 0 Å². The second-order valence-corrected chi connectivity index (χ2v) is 8.76. The molecule has 1 atom stereocenters. The molecular weight excluding hydrogens is 354 g/mol. The standard InChI is InChI=1S/C19H28BrNO2/c1-12(2)9-15-8-7-14-10-13(3)16(20)11-17(14)21(15)18(22)23-19(4,5)6/h10-12,15H,7-9H2,1-6H3. The Morgan fingerprint density at radius 1 is 1.39 bits per heavy atom. The summed E-state index contributed by atoms with van der Waals surface area (Å²) >= 11 is 3.60. The lowest BCUT2D eigenvalue weighted by Gasteiger charge is -2.39. The van der Waals surface area contributed by atoms with E-state index in [1.807, 2.05) is 25.7 Å². The van der Waals surface area contributed by atoms with Crippen molar-refractivity contribution in [3.05, 3.63) is 27.7 Å². The van der Waals surface area contributed by atoms with Crippen LogP contribution in [0.5, 0.6) is 0 Å². The molecule has 1 amide bonds. The van der Waals surface area contributed by atoms with Crippen LogP contribution < -0.4 is 4.90 Å². The Kier molecular flexibility index (Phi) is 5.44. The largest absolute Gasteiger partial charge is 0.443 e. The van der Waals surface area contributed by atoms with Gasteiger partial charge in [0.05, 0.1) is 5.69 Å². The van der Waals surface area contributed by atoms with Crippen molar-refractivity contribution in [3.8, 4) is 0 Å². The van der Waals surface area contributed by atoms with Crippen LogP contribution in [0.3, 0.4) is 0 Å². The number of halogens is 1. The molecule has 1 unspecified atom stereocenters. The van der Waals surface area contributed by atoms with E-state index in [0.717, 1.165) is 29.4 Å². The zero-order valence-corrected chi connectivity index (χ0v) is 16.7. The number of rotatable bonds is 2. The van der Waals surface area contributed by atoms with E-state index >= 15 is 0 Å². The number of carbonyl (C=O) groups excluding carboxylic acids is 1. The fraction of sp³-hybridized carbons (Fsp3) is 0.632. The number of nitrogens with zero attached hydrogens (tertiary/aromatic N) is 1. The number of anilines is 1. The van der Waals surface area contributed by atoms with Crippen molar-refractivity contribution in [1.29, 1.82) is 0 Å². The molecule has 3 nitrogen and oxygen atoms in total.